The molecule has 0 amide bonds. The second-order valence-corrected chi connectivity index (χ2v) is 6.59. The van der Waals surface area contributed by atoms with E-state index in [0.29, 0.717) is 0 Å². The molecule has 118 valence electrons. The third-order valence-electron chi connectivity index (χ3n) is 3.96. The van der Waals surface area contributed by atoms with E-state index in [1.54, 1.807) is 12.1 Å². The predicted molar refractivity (Wildman–Crippen MR) is 92.9 cm³/mol. The topological polar surface area (TPSA) is 41.1 Å². The first-order valence-corrected chi connectivity index (χ1v) is 8.64. The fourth-order valence-corrected chi connectivity index (χ4v) is 4.00. The van der Waals surface area contributed by atoms with Gasteiger partial charge in [0.25, 0.3) is 0 Å². The molecule has 1 aromatic carbocycles. The molecule has 4 nitrogen and oxygen atoms in total. The molecule has 0 bridgehead atoms. The number of benzene rings is 1. The van der Waals surface area contributed by atoms with E-state index < -0.39 is 0 Å². The first-order chi connectivity index (χ1) is 11.2. The Morgan fingerprint density at radius 2 is 1.87 bits per heavy atom. The number of thiophene rings is 1. The minimum atomic E-state index is -0.241. The van der Waals surface area contributed by atoms with Gasteiger partial charge in [0.05, 0.1) is 5.39 Å². The number of fused-ring (bicyclic) bond motifs is 1. The average Bonchev–Trinajstić information content (AvgIpc) is 2.99. The third-order valence-corrected chi connectivity index (χ3v) is 5.00. The van der Waals surface area contributed by atoms with Crippen molar-refractivity contribution in [1.29, 1.82) is 0 Å². The molecule has 0 spiro atoms. The van der Waals surface area contributed by atoms with E-state index in [2.05, 4.69) is 20.2 Å². The summed E-state index contributed by atoms with van der Waals surface area (Å²) in [5.74, 6) is 0.622. The van der Waals surface area contributed by atoms with E-state index >= 15 is 0 Å². The van der Waals surface area contributed by atoms with E-state index in [-0.39, 0.29) is 11.1 Å². The molecular formula is C16H14ClFN4S. The third kappa shape index (κ3) is 2.78. The van der Waals surface area contributed by atoms with Gasteiger partial charge in [-0.3, -0.25) is 0 Å². The van der Waals surface area contributed by atoms with Crippen molar-refractivity contribution in [3.05, 3.63) is 40.7 Å². The molecule has 1 N–H and O–H groups in total. The zero-order valence-electron chi connectivity index (χ0n) is 12.2. The number of nitrogens with zero attached hydrogens (tertiary/aromatic N) is 3. The van der Waals surface area contributed by atoms with Crippen LogP contribution in [0.25, 0.3) is 21.3 Å². The Hall–Kier alpha value is -1.76. The van der Waals surface area contributed by atoms with Gasteiger partial charge >= 0.3 is 0 Å². The summed E-state index contributed by atoms with van der Waals surface area (Å²) in [7, 11) is 0. The normalized spacial score (nSPS) is 15.3. The molecule has 1 aliphatic heterocycles. The second-order valence-electron chi connectivity index (χ2n) is 5.39. The van der Waals surface area contributed by atoms with Crippen LogP contribution in [0.15, 0.2) is 29.6 Å². The molecule has 1 fully saturated rings. The smallest absolute Gasteiger partial charge is 0.225 e. The average molecular weight is 349 g/mol. The van der Waals surface area contributed by atoms with Crippen molar-refractivity contribution in [3.63, 3.8) is 0 Å². The summed E-state index contributed by atoms with van der Waals surface area (Å²) in [5, 5.41) is 6.63. The summed E-state index contributed by atoms with van der Waals surface area (Å²) in [6, 6.07) is 6.51. The lowest BCUT2D eigenvalue weighted by Crippen LogP contribution is -2.44. The molecule has 1 aliphatic rings. The lowest BCUT2D eigenvalue weighted by atomic mass is 10.1. The van der Waals surface area contributed by atoms with E-state index in [0.717, 1.165) is 53.3 Å². The highest BCUT2D eigenvalue weighted by Crippen LogP contribution is 2.39. The van der Waals surface area contributed by atoms with E-state index in [1.807, 2.05) is 5.38 Å². The van der Waals surface area contributed by atoms with Gasteiger partial charge in [-0.15, -0.1) is 11.3 Å². The van der Waals surface area contributed by atoms with Crippen molar-refractivity contribution in [3.8, 4) is 11.1 Å². The van der Waals surface area contributed by atoms with Crippen LogP contribution in [0.5, 0.6) is 0 Å². The van der Waals surface area contributed by atoms with Crippen LogP contribution in [-0.4, -0.2) is 36.1 Å². The Morgan fingerprint density at radius 1 is 1.13 bits per heavy atom. The van der Waals surface area contributed by atoms with Gasteiger partial charge in [0.2, 0.25) is 5.28 Å². The van der Waals surface area contributed by atoms with Crippen molar-refractivity contribution in [2.45, 2.75) is 0 Å². The number of anilines is 1. The summed E-state index contributed by atoms with van der Waals surface area (Å²) in [6.45, 7) is 3.58. The maximum atomic E-state index is 13.2. The van der Waals surface area contributed by atoms with Gasteiger partial charge in [-0.25, -0.2) is 9.37 Å². The molecule has 0 unspecified atom stereocenters. The van der Waals surface area contributed by atoms with Crippen molar-refractivity contribution in [1.82, 2.24) is 15.3 Å². The number of piperazine rings is 1. The Morgan fingerprint density at radius 3 is 2.61 bits per heavy atom. The molecular weight excluding hydrogens is 335 g/mol. The summed E-state index contributed by atoms with van der Waals surface area (Å²) >= 11 is 7.65. The number of halogens is 2. The van der Waals surface area contributed by atoms with Gasteiger partial charge in [0, 0.05) is 37.1 Å². The van der Waals surface area contributed by atoms with Crippen LogP contribution in [0.2, 0.25) is 5.28 Å². The first kappa shape index (κ1) is 14.8. The summed E-state index contributed by atoms with van der Waals surface area (Å²) in [4.78, 5) is 11.9. The molecule has 0 aliphatic carbocycles. The minimum absolute atomic E-state index is 0.241. The molecule has 7 heteroatoms. The highest BCUT2D eigenvalue weighted by atomic mass is 35.5. The van der Waals surface area contributed by atoms with Crippen LogP contribution < -0.4 is 10.2 Å². The monoisotopic (exact) mass is 348 g/mol. The van der Waals surface area contributed by atoms with Crippen LogP contribution >= 0.6 is 22.9 Å². The zero-order valence-corrected chi connectivity index (χ0v) is 13.8. The largest absolute Gasteiger partial charge is 0.353 e. The molecule has 0 saturated carbocycles. The SMILES string of the molecule is Fc1ccc(-c2csc3nc(Cl)nc(N4CCNCC4)c23)cc1. The highest BCUT2D eigenvalue weighted by Gasteiger charge is 2.20. The van der Waals surface area contributed by atoms with Gasteiger partial charge in [-0.2, -0.15) is 4.98 Å². The quantitative estimate of drug-likeness (QED) is 0.719. The van der Waals surface area contributed by atoms with Gasteiger partial charge in [-0.05, 0) is 29.3 Å². The van der Waals surface area contributed by atoms with Crippen LogP contribution in [-0.2, 0) is 0 Å². The predicted octanol–water partition coefficient (Wildman–Crippen LogP) is 3.56. The van der Waals surface area contributed by atoms with Crippen LogP contribution in [0.1, 0.15) is 0 Å². The number of hydrogen-bond donors (Lipinski definition) is 1. The molecule has 4 rings (SSSR count). The minimum Gasteiger partial charge on any atom is -0.353 e. The molecule has 3 heterocycles. The summed E-state index contributed by atoms with van der Waals surface area (Å²) < 4.78 is 13.2. The van der Waals surface area contributed by atoms with Crippen LogP contribution in [0.3, 0.4) is 0 Å². The number of aromatic nitrogens is 2. The summed E-state index contributed by atoms with van der Waals surface area (Å²) in [6.07, 6.45) is 0. The lowest BCUT2D eigenvalue weighted by molar-refractivity contribution is 0.586. The molecule has 23 heavy (non-hydrogen) atoms. The molecule has 3 aromatic rings. The summed E-state index contributed by atoms with van der Waals surface area (Å²) in [5.41, 5.74) is 1.98. The Labute approximate surface area is 141 Å². The lowest BCUT2D eigenvalue weighted by Gasteiger charge is -2.29. The Balaban J connectivity index is 1.90. The standard InChI is InChI=1S/C16H14ClFN4S/c17-16-20-14(22-7-5-19-6-8-22)13-12(9-23-15(13)21-16)10-1-3-11(18)4-2-10/h1-4,9,19H,5-8H2. The maximum absolute atomic E-state index is 13.2. The van der Waals surface area contributed by atoms with Crippen molar-refractivity contribution >= 4 is 39.0 Å². The van der Waals surface area contributed by atoms with E-state index in [4.69, 9.17) is 11.6 Å². The molecule has 2 aromatic heterocycles. The van der Waals surface area contributed by atoms with Crippen LogP contribution in [0, 0.1) is 5.82 Å². The second kappa shape index (κ2) is 6.03. The molecule has 1 saturated heterocycles. The van der Waals surface area contributed by atoms with E-state index in [9.17, 15) is 4.39 Å². The number of rotatable bonds is 2. The molecule has 0 radical (unpaired) electrons. The van der Waals surface area contributed by atoms with Crippen LogP contribution in [0.4, 0.5) is 10.2 Å². The van der Waals surface area contributed by atoms with E-state index in [1.165, 1.54) is 23.5 Å². The number of hydrogen-bond acceptors (Lipinski definition) is 5. The molecule has 0 atom stereocenters. The maximum Gasteiger partial charge on any atom is 0.225 e. The Bertz CT molecular complexity index is 843. The van der Waals surface area contributed by atoms with Crippen molar-refractivity contribution in [2.24, 2.45) is 0 Å². The highest BCUT2D eigenvalue weighted by molar-refractivity contribution is 7.17. The van der Waals surface area contributed by atoms with Gasteiger partial charge in [-0.1, -0.05) is 12.1 Å². The van der Waals surface area contributed by atoms with Gasteiger partial charge in [0.15, 0.2) is 0 Å². The van der Waals surface area contributed by atoms with Crippen molar-refractivity contribution in [2.75, 3.05) is 31.1 Å². The number of nitrogens with one attached hydrogen (secondary N) is 1. The van der Waals surface area contributed by atoms with Gasteiger partial charge < -0.3 is 10.2 Å². The van der Waals surface area contributed by atoms with Gasteiger partial charge in [0.1, 0.15) is 16.5 Å². The fourth-order valence-electron chi connectivity index (χ4n) is 2.85. The first-order valence-electron chi connectivity index (χ1n) is 7.39. The Kier molecular flexibility index (Phi) is 3.88. The van der Waals surface area contributed by atoms with Crippen molar-refractivity contribution < 1.29 is 4.39 Å². The fraction of sp³-hybridized carbons (Fsp3) is 0.250. The zero-order chi connectivity index (χ0) is 15.8.